The summed E-state index contributed by atoms with van der Waals surface area (Å²) in [5.41, 5.74) is -0.0518. The van der Waals surface area contributed by atoms with Crippen molar-refractivity contribution in [1.82, 2.24) is 15.3 Å². The lowest BCUT2D eigenvalue weighted by Crippen LogP contribution is -2.19. The molecule has 160 valence electrons. The van der Waals surface area contributed by atoms with E-state index in [2.05, 4.69) is 41.4 Å². The molecule has 0 atom stereocenters. The van der Waals surface area contributed by atoms with E-state index in [1.807, 2.05) is 0 Å². The van der Waals surface area contributed by atoms with Gasteiger partial charge in [0.1, 0.15) is 12.0 Å². The molecule has 0 aliphatic carbocycles. The predicted molar refractivity (Wildman–Crippen MR) is 118 cm³/mol. The predicted octanol–water partition coefficient (Wildman–Crippen LogP) is 4.40. The molecule has 7 nitrogen and oxygen atoms in total. The van der Waals surface area contributed by atoms with Crippen molar-refractivity contribution in [3.05, 3.63) is 24.0 Å². The number of oxazole rings is 1. The molecule has 2 rings (SSSR count). The maximum atomic E-state index is 12.0. The summed E-state index contributed by atoms with van der Waals surface area (Å²) in [6.45, 7) is 7.95. The third kappa shape index (κ3) is 9.10. The van der Waals surface area contributed by atoms with Crippen molar-refractivity contribution in [3.63, 3.8) is 0 Å². The van der Waals surface area contributed by atoms with Crippen LogP contribution in [0.25, 0.3) is 0 Å². The molecule has 0 saturated heterocycles. The quantitative estimate of drug-likeness (QED) is 0.272. The van der Waals surface area contributed by atoms with Crippen LogP contribution in [0.3, 0.4) is 0 Å². The van der Waals surface area contributed by atoms with Crippen molar-refractivity contribution in [2.24, 2.45) is 0 Å². The number of aromatic nitrogens is 2. The molecule has 0 aliphatic rings. The molecular formula is C20H30N4O3S2. The molecule has 0 fully saturated rings. The minimum Gasteiger partial charge on any atom is -0.444 e. The van der Waals surface area contributed by atoms with Crippen molar-refractivity contribution in [2.45, 2.75) is 68.3 Å². The first-order chi connectivity index (χ1) is 13.9. The van der Waals surface area contributed by atoms with Gasteiger partial charge in [-0.1, -0.05) is 32.1 Å². The van der Waals surface area contributed by atoms with E-state index >= 15 is 0 Å². The number of thiazole rings is 1. The molecule has 9 heteroatoms. The van der Waals surface area contributed by atoms with Crippen LogP contribution in [0.5, 0.6) is 0 Å². The van der Waals surface area contributed by atoms with Gasteiger partial charge >= 0.3 is 0 Å². The Morgan fingerprint density at radius 2 is 2.00 bits per heavy atom. The van der Waals surface area contributed by atoms with E-state index < -0.39 is 0 Å². The first-order valence-electron chi connectivity index (χ1n) is 9.86. The van der Waals surface area contributed by atoms with E-state index in [0.717, 1.165) is 48.6 Å². The molecule has 0 saturated carbocycles. The van der Waals surface area contributed by atoms with E-state index in [4.69, 9.17) is 4.42 Å². The fourth-order valence-electron chi connectivity index (χ4n) is 2.40. The molecule has 1 amide bonds. The summed E-state index contributed by atoms with van der Waals surface area (Å²) >= 11 is 3.05. The summed E-state index contributed by atoms with van der Waals surface area (Å²) in [7, 11) is 0. The zero-order chi connectivity index (χ0) is 21.1. The first-order valence-corrected chi connectivity index (χ1v) is 11.7. The van der Waals surface area contributed by atoms with Gasteiger partial charge in [-0.2, -0.15) is 0 Å². The standard InChI is InChI=1S/C20H30N4O3S2/c1-20(2,3)15-12-22-17(27-15)14-28-18-13-23-19(29-18)24-16(26)8-7-10-21-9-5-4-6-11-25/h11-13,21H,4-10,14H2,1-3H3,(H,23,24,26). The van der Waals surface area contributed by atoms with Gasteiger partial charge in [-0.3, -0.25) is 4.79 Å². The summed E-state index contributed by atoms with van der Waals surface area (Å²) < 4.78 is 6.80. The highest BCUT2D eigenvalue weighted by Gasteiger charge is 2.19. The fraction of sp³-hybridized carbons (Fsp3) is 0.600. The molecule has 0 aliphatic heterocycles. The Morgan fingerprint density at radius 1 is 1.21 bits per heavy atom. The minimum absolute atomic E-state index is 0.0267. The van der Waals surface area contributed by atoms with Crippen LogP contribution < -0.4 is 10.6 Å². The van der Waals surface area contributed by atoms with Crippen LogP contribution in [0.1, 0.15) is 64.5 Å². The van der Waals surface area contributed by atoms with Gasteiger partial charge in [0.2, 0.25) is 11.8 Å². The smallest absolute Gasteiger partial charge is 0.226 e. The van der Waals surface area contributed by atoms with Gasteiger partial charge < -0.3 is 19.8 Å². The van der Waals surface area contributed by atoms with Crippen molar-refractivity contribution in [2.75, 3.05) is 18.4 Å². The van der Waals surface area contributed by atoms with Gasteiger partial charge in [-0.05, 0) is 32.4 Å². The van der Waals surface area contributed by atoms with Crippen molar-refractivity contribution in [1.29, 1.82) is 0 Å². The molecule has 29 heavy (non-hydrogen) atoms. The summed E-state index contributed by atoms with van der Waals surface area (Å²) in [5.74, 6) is 2.17. The number of anilines is 1. The van der Waals surface area contributed by atoms with Crippen molar-refractivity contribution in [3.8, 4) is 0 Å². The van der Waals surface area contributed by atoms with Crippen molar-refractivity contribution < 1.29 is 14.0 Å². The second kappa shape index (κ2) is 12.1. The molecule has 2 aromatic rings. The number of amides is 1. The number of hydrogen-bond acceptors (Lipinski definition) is 8. The first kappa shape index (κ1) is 23.6. The topological polar surface area (TPSA) is 97.1 Å². The van der Waals surface area contributed by atoms with Crippen LogP contribution >= 0.6 is 23.1 Å². The normalized spacial score (nSPS) is 11.6. The van der Waals surface area contributed by atoms with Crippen LogP contribution in [0, 0.1) is 0 Å². The average molecular weight is 439 g/mol. The Balaban J connectivity index is 1.63. The van der Waals surface area contributed by atoms with Gasteiger partial charge in [-0.25, -0.2) is 9.97 Å². The number of rotatable bonds is 13. The Kier molecular flexibility index (Phi) is 9.83. The van der Waals surface area contributed by atoms with Gasteiger partial charge in [0.25, 0.3) is 0 Å². The maximum absolute atomic E-state index is 12.0. The Bertz CT molecular complexity index is 768. The zero-order valence-corrected chi connectivity index (χ0v) is 19.0. The third-order valence-electron chi connectivity index (χ3n) is 4.04. The number of thioether (sulfide) groups is 1. The molecule has 2 N–H and O–H groups in total. The van der Waals surface area contributed by atoms with Gasteiger partial charge in [-0.15, -0.1) is 11.8 Å². The second-order valence-corrected chi connectivity index (χ2v) is 10.0. The molecule has 0 aromatic carbocycles. The summed E-state index contributed by atoms with van der Waals surface area (Å²) in [4.78, 5) is 30.9. The van der Waals surface area contributed by atoms with E-state index in [-0.39, 0.29) is 11.3 Å². The molecule has 2 heterocycles. The number of aldehydes is 1. The second-order valence-electron chi connectivity index (χ2n) is 7.71. The Morgan fingerprint density at radius 3 is 2.72 bits per heavy atom. The van der Waals surface area contributed by atoms with E-state index in [1.165, 1.54) is 11.3 Å². The van der Waals surface area contributed by atoms with Gasteiger partial charge in [0.15, 0.2) is 5.13 Å². The number of nitrogens with one attached hydrogen (secondary N) is 2. The largest absolute Gasteiger partial charge is 0.444 e. The Labute approximate surface area is 180 Å². The highest BCUT2D eigenvalue weighted by atomic mass is 32.2. The van der Waals surface area contributed by atoms with Crippen LogP contribution in [0.15, 0.2) is 21.0 Å². The number of unbranched alkanes of at least 4 members (excludes halogenated alkanes) is 2. The lowest BCUT2D eigenvalue weighted by Gasteiger charge is -2.12. The van der Waals surface area contributed by atoms with Crippen LogP contribution in [0.4, 0.5) is 5.13 Å². The summed E-state index contributed by atoms with van der Waals surface area (Å²) in [5, 5.41) is 6.75. The zero-order valence-electron chi connectivity index (χ0n) is 17.3. The number of carbonyl (C=O) groups is 2. The molecular weight excluding hydrogens is 408 g/mol. The van der Waals surface area contributed by atoms with Gasteiger partial charge in [0.05, 0.1) is 22.4 Å². The molecule has 0 bridgehead atoms. The van der Waals surface area contributed by atoms with E-state index in [0.29, 0.717) is 29.6 Å². The highest BCUT2D eigenvalue weighted by molar-refractivity contribution is 8.00. The SMILES string of the molecule is CC(C)(C)c1cnc(CSc2cnc(NC(=O)CCCNCCCCC=O)s2)o1. The van der Waals surface area contributed by atoms with Crippen LogP contribution in [-0.4, -0.2) is 35.3 Å². The Hall–Kier alpha value is -1.71. The van der Waals surface area contributed by atoms with Crippen LogP contribution in [0.2, 0.25) is 0 Å². The molecule has 2 aromatic heterocycles. The lowest BCUT2D eigenvalue weighted by atomic mass is 9.94. The van der Waals surface area contributed by atoms with Gasteiger partial charge in [0, 0.05) is 18.3 Å². The monoisotopic (exact) mass is 438 g/mol. The highest BCUT2D eigenvalue weighted by Crippen LogP contribution is 2.31. The molecule has 0 unspecified atom stereocenters. The molecule has 0 radical (unpaired) electrons. The lowest BCUT2D eigenvalue weighted by molar-refractivity contribution is -0.116. The number of hydrogen-bond donors (Lipinski definition) is 2. The van der Waals surface area contributed by atoms with Crippen LogP contribution in [-0.2, 0) is 20.8 Å². The number of carbonyl (C=O) groups excluding carboxylic acids is 2. The fourth-order valence-corrected chi connectivity index (χ4v) is 4.14. The summed E-state index contributed by atoms with van der Waals surface area (Å²) in [6.07, 6.45) is 8.23. The average Bonchev–Trinajstić information content (AvgIpc) is 3.31. The maximum Gasteiger partial charge on any atom is 0.226 e. The third-order valence-corrected chi connectivity index (χ3v) is 6.14. The minimum atomic E-state index is -0.0518. The molecule has 0 spiro atoms. The van der Waals surface area contributed by atoms with E-state index in [1.54, 1.807) is 24.2 Å². The number of nitrogens with zero attached hydrogens (tertiary/aromatic N) is 2. The van der Waals surface area contributed by atoms with E-state index in [9.17, 15) is 9.59 Å². The summed E-state index contributed by atoms with van der Waals surface area (Å²) in [6, 6.07) is 0. The van der Waals surface area contributed by atoms with Crippen molar-refractivity contribution >= 4 is 40.4 Å².